The first-order valence-electron chi connectivity index (χ1n) is 10.7. The van der Waals surface area contributed by atoms with Gasteiger partial charge in [0.25, 0.3) is 5.91 Å². The van der Waals surface area contributed by atoms with Gasteiger partial charge in [0.05, 0.1) is 24.5 Å². The van der Waals surface area contributed by atoms with Crippen molar-refractivity contribution >= 4 is 28.2 Å². The molecule has 1 aliphatic heterocycles. The van der Waals surface area contributed by atoms with Crippen molar-refractivity contribution in [2.45, 2.75) is 33.6 Å². The highest BCUT2D eigenvalue weighted by molar-refractivity contribution is 7.20. The summed E-state index contributed by atoms with van der Waals surface area (Å²) < 4.78 is 10.6. The van der Waals surface area contributed by atoms with Gasteiger partial charge >= 0.3 is 0 Å². The van der Waals surface area contributed by atoms with Crippen LogP contribution in [0, 0.1) is 20.8 Å². The van der Waals surface area contributed by atoms with Gasteiger partial charge in [0, 0.05) is 30.0 Å². The van der Waals surface area contributed by atoms with E-state index in [1.807, 2.05) is 51.1 Å². The summed E-state index contributed by atoms with van der Waals surface area (Å²) in [5.74, 6) is 0.531. The van der Waals surface area contributed by atoms with Gasteiger partial charge in [0.1, 0.15) is 10.8 Å². The average molecular weight is 454 g/mol. The molecule has 1 aliphatic rings. The molecule has 1 fully saturated rings. The fourth-order valence-electron chi connectivity index (χ4n) is 3.93. The summed E-state index contributed by atoms with van der Waals surface area (Å²) in [6.07, 6.45) is 0.821. The van der Waals surface area contributed by atoms with Crippen LogP contribution < -0.4 is 5.32 Å². The summed E-state index contributed by atoms with van der Waals surface area (Å²) in [6.45, 7) is 7.83. The zero-order valence-electron chi connectivity index (χ0n) is 18.6. The van der Waals surface area contributed by atoms with Crippen LogP contribution in [0.5, 0.6) is 0 Å². The van der Waals surface area contributed by atoms with Gasteiger partial charge < -0.3 is 19.5 Å². The molecule has 0 bridgehead atoms. The number of carbonyl (C=O) groups is 2. The Morgan fingerprint density at radius 3 is 2.50 bits per heavy atom. The molecule has 8 heteroatoms. The third kappa shape index (κ3) is 4.61. The molecule has 168 valence electrons. The van der Waals surface area contributed by atoms with Gasteiger partial charge in [-0.3, -0.25) is 9.59 Å². The molecule has 32 heavy (non-hydrogen) atoms. The number of benzene rings is 1. The molecule has 0 spiro atoms. The number of anilines is 1. The summed E-state index contributed by atoms with van der Waals surface area (Å²) in [5.41, 5.74) is 4.25. The van der Waals surface area contributed by atoms with Crippen LogP contribution in [-0.2, 0) is 16.0 Å². The van der Waals surface area contributed by atoms with Gasteiger partial charge in [-0.1, -0.05) is 35.5 Å². The average Bonchev–Trinajstić information content (AvgIpc) is 3.31. The number of nitrogens with one attached hydrogen (secondary N) is 1. The van der Waals surface area contributed by atoms with Crippen molar-refractivity contribution in [3.8, 4) is 10.4 Å². The molecule has 1 saturated heterocycles. The van der Waals surface area contributed by atoms with E-state index in [0.29, 0.717) is 43.3 Å². The Labute approximate surface area is 191 Å². The van der Waals surface area contributed by atoms with E-state index >= 15 is 0 Å². The lowest BCUT2D eigenvalue weighted by molar-refractivity contribution is -0.116. The number of thiophene rings is 1. The molecule has 7 nitrogen and oxygen atoms in total. The Morgan fingerprint density at radius 1 is 1.12 bits per heavy atom. The molecule has 4 rings (SSSR count). The van der Waals surface area contributed by atoms with Gasteiger partial charge in [-0.15, -0.1) is 11.3 Å². The Hall–Kier alpha value is -2.97. The van der Waals surface area contributed by atoms with E-state index in [-0.39, 0.29) is 18.2 Å². The Bertz CT molecular complexity index is 1090. The fourth-order valence-corrected chi connectivity index (χ4v) is 5.16. The minimum absolute atomic E-state index is 0.0646. The summed E-state index contributed by atoms with van der Waals surface area (Å²) in [6, 6.07) is 9.94. The minimum Gasteiger partial charge on any atom is -0.378 e. The van der Waals surface area contributed by atoms with Crippen LogP contribution in [0.25, 0.3) is 10.4 Å². The number of ether oxygens (including phenoxy) is 1. The lowest BCUT2D eigenvalue weighted by atomic mass is 10.1. The summed E-state index contributed by atoms with van der Waals surface area (Å²) in [5, 5.41) is 7.56. The highest BCUT2D eigenvalue weighted by atomic mass is 32.1. The molecule has 3 heterocycles. The lowest BCUT2D eigenvalue weighted by Gasteiger charge is -2.27. The van der Waals surface area contributed by atoms with E-state index in [2.05, 4.69) is 10.5 Å². The van der Waals surface area contributed by atoms with E-state index in [4.69, 9.17) is 9.26 Å². The number of aryl methyl sites for hydroxylation is 2. The molecule has 0 aliphatic carbocycles. The second-order valence-electron chi connectivity index (χ2n) is 7.88. The van der Waals surface area contributed by atoms with Crippen molar-refractivity contribution in [2.75, 3.05) is 31.6 Å². The number of hydrogen-bond donors (Lipinski definition) is 1. The first-order valence-corrected chi connectivity index (χ1v) is 11.5. The van der Waals surface area contributed by atoms with Crippen LogP contribution in [0.1, 0.15) is 39.4 Å². The number of aromatic nitrogens is 1. The Morgan fingerprint density at radius 2 is 1.84 bits per heavy atom. The largest absolute Gasteiger partial charge is 0.378 e. The third-order valence-electron chi connectivity index (χ3n) is 5.73. The zero-order chi connectivity index (χ0) is 22.7. The Kier molecular flexibility index (Phi) is 6.72. The van der Waals surface area contributed by atoms with Crippen molar-refractivity contribution in [1.29, 1.82) is 0 Å². The second-order valence-corrected chi connectivity index (χ2v) is 8.90. The lowest BCUT2D eigenvalue weighted by Crippen LogP contribution is -2.41. The molecular weight excluding hydrogens is 426 g/mol. The maximum atomic E-state index is 13.4. The molecule has 1 aromatic carbocycles. The number of nitrogens with zero attached hydrogens (tertiary/aromatic N) is 2. The standard InChI is InChI=1S/C24H27N3O4S/c1-15-21(24(29)27-11-13-30-14-12-27)23(32-22(15)18-7-5-4-6-8-18)25-20(28)10-9-19-16(2)26-31-17(19)3/h4-8H,9-14H2,1-3H3,(H,25,28). The zero-order valence-corrected chi connectivity index (χ0v) is 19.4. The van der Waals surface area contributed by atoms with Crippen molar-refractivity contribution in [2.24, 2.45) is 0 Å². The van der Waals surface area contributed by atoms with Gasteiger partial charge in [-0.25, -0.2) is 0 Å². The van der Waals surface area contributed by atoms with Gasteiger partial charge in [0.15, 0.2) is 0 Å². The maximum absolute atomic E-state index is 13.4. The number of rotatable bonds is 6. The molecular formula is C24H27N3O4S. The highest BCUT2D eigenvalue weighted by Gasteiger charge is 2.28. The maximum Gasteiger partial charge on any atom is 0.257 e. The molecule has 1 N–H and O–H groups in total. The molecule has 0 unspecified atom stereocenters. The van der Waals surface area contributed by atoms with E-state index in [1.54, 1.807) is 4.90 Å². The van der Waals surface area contributed by atoms with E-state index in [0.717, 1.165) is 33.0 Å². The predicted molar refractivity (Wildman–Crippen MR) is 124 cm³/mol. The highest BCUT2D eigenvalue weighted by Crippen LogP contribution is 2.40. The van der Waals surface area contributed by atoms with Crippen molar-refractivity contribution in [3.05, 3.63) is 58.5 Å². The first-order chi connectivity index (χ1) is 15.5. The van der Waals surface area contributed by atoms with Gasteiger partial charge in [-0.05, 0) is 38.3 Å². The molecule has 2 amide bonds. The van der Waals surface area contributed by atoms with Crippen LogP contribution >= 0.6 is 11.3 Å². The first kappa shape index (κ1) is 22.2. The number of morpholine rings is 1. The summed E-state index contributed by atoms with van der Waals surface area (Å²) in [4.78, 5) is 29.0. The SMILES string of the molecule is Cc1noc(C)c1CCC(=O)Nc1sc(-c2ccccc2)c(C)c1C(=O)N1CCOCC1. The number of carbonyl (C=O) groups excluding carboxylic acids is 2. The van der Waals surface area contributed by atoms with Crippen LogP contribution in [0.2, 0.25) is 0 Å². The van der Waals surface area contributed by atoms with Gasteiger partial charge in [0.2, 0.25) is 5.91 Å². The molecule has 0 atom stereocenters. The van der Waals surface area contributed by atoms with Crippen LogP contribution in [0.3, 0.4) is 0 Å². The fraction of sp³-hybridized carbons (Fsp3) is 0.375. The Balaban J connectivity index is 1.60. The number of amides is 2. The smallest absolute Gasteiger partial charge is 0.257 e. The summed E-state index contributed by atoms with van der Waals surface area (Å²) in [7, 11) is 0. The molecule has 2 aromatic heterocycles. The van der Waals surface area contributed by atoms with Crippen LogP contribution in [0.4, 0.5) is 5.00 Å². The van der Waals surface area contributed by atoms with Crippen molar-refractivity contribution in [1.82, 2.24) is 10.1 Å². The topological polar surface area (TPSA) is 84.7 Å². The summed E-state index contributed by atoms with van der Waals surface area (Å²) >= 11 is 1.45. The van der Waals surface area contributed by atoms with Crippen LogP contribution in [0.15, 0.2) is 34.9 Å². The number of hydrogen-bond acceptors (Lipinski definition) is 6. The van der Waals surface area contributed by atoms with E-state index in [9.17, 15) is 9.59 Å². The monoisotopic (exact) mass is 453 g/mol. The molecule has 0 saturated carbocycles. The molecule has 0 radical (unpaired) electrons. The predicted octanol–water partition coefficient (Wildman–Crippen LogP) is 4.37. The van der Waals surface area contributed by atoms with E-state index in [1.165, 1.54) is 11.3 Å². The van der Waals surface area contributed by atoms with Crippen LogP contribution in [-0.4, -0.2) is 48.2 Å². The van der Waals surface area contributed by atoms with Crippen molar-refractivity contribution < 1.29 is 18.8 Å². The van der Waals surface area contributed by atoms with Crippen molar-refractivity contribution in [3.63, 3.8) is 0 Å². The normalized spacial score (nSPS) is 13.9. The van der Waals surface area contributed by atoms with Gasteiger partial charge in [-0.2, -0.15) is 0 Å². The third-order valence-corrected chi connectivity index (χ3v) is 6.99. The second kappa shape index (κ2) is 9.67. The quantitative estimate of drug-likeness (QED) is 0.599. The van der Waals surface area contributed by atoms with E-state index < -0.39 is 0 Å². The molecule has 3 aromatic rings. The minimum atomic E-state index is -0.137.